The molecule has 0 radical (unpaired) electrons. The number of benzene rings is 18. The van der Waals surface area contributed by atoms with Gasteiger partial charge < -0.3 is 9.31 Å². The zero-order valence-corrected chi connectivity index (χ0v) is 66.4. The van der Waals surface area contributed by atoms with E-state index in [9.17, 15) is 0 Å². The van der Waals surface area contributed by atoms with Crippen LogP contribution < -0.4 is 5.46 Å². The topological polar surface area (TPSA) is 44.2 Å². The van der Waals surface area contributed by atoms with Gasteiger partial charge in [0, 0.05) is 58.7 Å². The van der Waals surface area contributed by atoms with Crippen LogP contribution >= 0.6 is 15.9 Å². The second-order valence-electron chi connectivity index (χ2n) is 32.0. The van der Waals surface area contributed by atoms with Crippen LogP contribution in [0.15, 0.2) is 405 Å². The third-order valence-electron chi connectivity index (χ3n) is 25.2. The van der Waals surface area contributed by atoms with E-state index in [1.165, 1.54) is 165 Å². The van der Waals surface area contributed by atoms with Crippen molar-refractivity contribution in [3.8, 4) is 55.6 Å². The van der Waals surface area contributed by atoms with Crippen molar-refractivity contribution >= 4 is 115 Å². The molecule has 3 aliphatic rings. The molecule has 2 aliphatic carbocycles. The van der Waals surface area contributed by atoms with Gasteiger partial charge in [0.25, 0.3) is 0 Å². The Kier molecular flexibility index (Phi) is 17.1. The maximum absolute atomic E-state index is 6.42. The minimum Gasteiger partial charge on any atom is -0.399 e. The summed E-state index contributed by atoms with van der Waals surface area (Å²) in [6.45, 7) is 8.41. The highest BCUT2D eigenvalue weighted by atomic mass is 79.9. The molecule has 20 aromatic rings. The molecular formula is C110H78BBrN2O2. The first-order chi connectivity index (χ1) is 56.9. The van der Waals surface area contributed by atoms with Crippen LogP contribution in [0, 0.1) is 0 Å². The van der Waals surface area contributed by atoms with Crippen LogP contribution in [0.25, 0.3) is 142 Å². The number of hydrogen-bond acceptors (Lipinski definition) is 4. The fourth-order valence-corrected chi connectivity index (χ4v) is 19.6. The van der Waals surface area contributed by atoms with E-state index in [-0.39, 0.29) is 11.2 Å². The number of fused-ring (bicyclic) bond motifs is 18. The lowest BCUT2D eigenvalue weighted by molar-refractivity contribution is 0.00578. The summed E-state index contributed by atoms with van der Waals surface area (Å²) in [6.07, 6.45) is 0. The van der Waals surface area contributed by atoms with Crippen molar-refractivity contribution in [2.24, 2.45) is 0 Å². The highest BCUT2D eigenvalue weighted by Crippen LogP contribution is 2.58. The normalized spacial score (nSPS) is 14.4. The molecule has 1 aliphatic heterocycles. The monoisotopic (exact) mass is 1550 g/mol. The van der Waals surface area contributed by atoms with Crippen LogP contribution in [0.1, 0.15) is 72.2 Å². The van der Waals surface area contributed by atoms with Gasteiger partial charge in [-0.2, -0.15) is 0 Å². The fourth-order valence-electron chi connectivity index (χ4n) is 19.2. The Morgan fingerprint density at radius 2 is 0.543 bits per heavy atom. The molecule has 0 spiro atoms. The average Bonchev–Trinajstić information content (AvgIpc) is 1.64. The maximum Gasteiger partial charge on any atom is 0.494 e. The Balaban J connectivity index is 0.000000115. The van der Waals surface area contributed by atoms with E-state index < -0.39 is 17.9 Å². The highest BCUT2D eigenvalue weighted by Gasteiger charge is 2.53. The van der Waals surface area contributed by atoms with Gasteiger partial charge in [0.05, 0.1) is 44.1 Å². The van der Waals surface area contributed by atoms with Gasteiger partial charge >= 0.3 is 7.12 Å². The van der Waals surface area contributed by atoms with Gasteiger partial charge in [0.2, 0.25) is 0 Å². The van der Waals surface area contributed by atoms with Crippen LogP contribution in [0.2, 0.25) is 0 Å². The summed E-state index contributed by atoms with van der Waals surface area (Å²) in [5.41, 5.74) is 26.4. The van der Waals surface area contributed by atoms with E-state index in [1.54, 1.807) is 0 Å². The largest absolute Gasteiger partial charge is 0.494 e. The predicted octanol–water partition coefficient (Wildman–Crippen LogP) is 27.9. The lowest BCUT2D eigenvalue weighted by Crippen LogP contribution is -2.41. The summed E-state index contributed by atoms with van der Waals surface area (Å²) in [7, 11) is -0.398. The Morgan fingerprint density at radius 3 is 0.940 bits per heavy atom. The van der Waals surface area contributed by atoms with Crippen LogP contribution in [0.4, 0.5) is 0 Å². The van der Waals surface area contributed by atoms with E-state index >= 15 is 0 Å². The zero-order valence-electron chi connectivity index (χ0n) is 64.8. The molecule has 0 saturated carbocycles. The molecule has 1 saturated heterocycles. The van der Waals surface area contributed by atoms with Crippen molar-refractivity contribution < 1.29 is 9.31 Å². The van der Waals surface area contributed by atoms with E-state index in [1.807, 2.05) is 0 Å². The summed E-state index contributed by atoms with van der Waals surface area (Å²) in [6, 6.07) is 145. The number of nitrogens with zero attached hydrogens (tertiary/aromatic N) is 2. The van der Waals surface area contributed by atoms with Gasteiger partial charge in [-0.05, 0) is 168 Å². The Labute approximate surface area is 684 Å². The van der Waals surface area contributed by atoms with Crippen molar-refractivity contribution in [3.05, 3.63) is 449 Å². The quantitative estimate of drug-likeness (QED) is 0.0864. The van der Waals surface area contributed by atoms with Crippen molar-refractivity contribution in [1.82, 2.24) is 9.97 Å². The number of halogens is 1. The molecule has 0 N–H and O–H groups in total. The SMILES string of the molecule is Brc1cccc(-c2c3ccc4ccccc4c3nc3c2ccc2ccccc23)c1.CC1(C)OB(c2cccc(C3(c4ccccc4)c4ccccc4-c4ccccc43)c2)OC1(C)C.c1ccc(C2(c3cccc(-c4cccc(-c5c6ccc7ccccc7c6nc6c5ccc5ccccc56)c4)c3)c3ccccc3-c3ccccc32)cc1. The second kappa shape index (κ2) is 28.1. The van der Waals surface area contributed by atoms with Gasteiger partial charge in [-0.15, -0.1) is 0 Å². The molecule has 0 unspecified atom stereocenters. The van der Waals surface area contributed by atoms with Crippen LogP contribution in [0.3, 0.4) is 0 Å². The van der Waals surface area contributed by atoms with E-state index in [4.69, 9.17) is 19.3 Å². The molecule has 3 heterocycles. The summed E-state index contributed by atoms with van der Waals surface area (Å²) in [5, 5.41) is 14.3. The molecule has 2 aromatic heterocycles. The molecule has 23 rings (SSSR count). The van der Waals surface area contributed by atoms with E-state index in [0.717, 1.165) is 32.0 Å². The van der Waals surface area contributed by atoms with Gasteiger partial charge in [-0.1, -0.05) is 392 Å². The van der Waals surface area contributed by atoms with Gasteiger partial charge in [0.1, 0.15) is 0 Å². The first-order valence-corrected chi connectivity index (χ1v) is 40.9. The van der Waals surface area contributed by atoms with E-state index in [0.29, 0.717) is 0 Å². The zero-order chi connectivity index (χ0) is 77.9. The first-order valence-electron chi connectivity index (χ1n) is 40.1. The molecule has 1 fully saturated rings. The lowest BCUT2D eigenvalue weighted by Gasteiger charge is -2.34. The highest BCUT2D eigenvalue weighted by molar-refractivity contribution is 9.10. The molecule has 116 heavy (non-hydrogen) atoms. The van der Waals surface area contributed by atoms with Crippen LogP contribution in [0.5, 0.6) is 0 Å². The standard InChI is InChI=1S/C52H33N.C31H29BO2.C27H16BrN/c1-2-19-39(20-3-1)52(47-26-10-8-24-43(47)44-25-9-11-27-48(44)52)40-21-13-17-37(33-40)36-16-12-18-38(32-36)49-45-30-28-34-14-4-6-22-41(34)50(45)53-51-42-23-7-5-15-35(42)29-31-46(49)51;1-29(2)30(3,4)34-32(33-29)24-16-12-15-23(21-24)31(22-13-6-5-7-14-22)27-19-10-8-17-25(27)26-18-9-11-20-28(26)31;28-20-9-5-8-19(16-20)25-23-14-12-17-6-1-3-10-21(17)26(23)29-27-22-11-4-2-7-18(22)13-15-24(25)27/h1-33H;5-21H,1-4H3;1-16H. The summed E-state index contributed by atoms with van der Waals surface area (Å²) >= 11 is 3.65. The number of rotatable bonds is 8. The minimum absolute atomic E-state index is 0.378. The molecule has 18 aromatic carbocycles. The predicted molar refractivity (Wildman–Crippen MR) is 489 cm³/mol. The van der Waals surface area contributed by atoms with Gasteiger partial charge in [-0.25, -0.2) is 9.97 Å². The summed E-state index contributed by atoms with van der Waals surface area (Å²) < 4.78 is 13.9. The minimum atomic E-state index is -0.443. The fraction of sp³-hybridized carbons (Fsp3) is 0.0727. The second-order valence-corrected chi connectivity index (χ2v) is 32.9. The van der Waals surface area contributed by atoms with Crippen molar-refractivity contribution in [2.45, 2.75) is 49.7 Å². The molecule has 550 valence electrons. The third kappa shape index (κ3) is 11.3. The number of aromatic nitrogens is 2. The van der Waals surface area contributed by atoms with Crippen molar-refractivity contribution in [2.75, 3.05) is 0 Å². The smallest absolute Gasteiger partial charge is 0.399 e. The molecule has 0 atom stereocenters. The molecule has 6 heteroatoms. The third-order valence-corrected chi connectivity index (χ3v) is 25.7. The number of hydrogen-bond donors (Lipinski definition) is 0. The first kappa shape index (κ1) is 70.7. The maximum atomic E-state index is 6.42. The molecule has 4 nitrogen and oxygen atoms in total. The van der Waals surface area contributed by atoms with E-state index in [2.05, 4.69) is 444 Å². The lowest BCUT2D eigenvalue weighted by atomic mass is 9.66. The molecular weight excluding hydrogens is 1470 g/mol. The van der Waals surface area contributed by atoms with Crippen molar-refractivity contribution in [1.29, 1.82) is 0 Å². The van der Waals surface area contributed by atoms with Crippen LogP contribution in [-0.4, -0.2) is 28.3 Å². The average molecular weight is 1550 g/mol. The Bertz CT molecular complexity index is 7040. The van der Waals surface area contributed by atoms with Gasteiger partial charge in [-0.3, -0.25) is 0 Å². The van der Waals surface area contributed by atoms with Crippen molar-refractivity contribution in [3.63, 3.8) is 0 Å². The van der Waals surface area contributed by atoms with Crippen LogP contribution in [-0.2, 0) is 20.1 Å². The Morgan fingerprint density at radius 1 is 0.241 bits per heavy atom. The summed E-state index contributed by atoms with van der Waals surface area (Å²) in [4.78, 5) is 10.7. The molecule has 0 bridgehead atoms. The van der Waals surface area contributed by atoms with Gasteiger partial charge in [0.15, 0.2) is 0 Å². The molecule has 0 amide bonds. The summed E-state index contributed by atoms with van der Waals surface area (Å²) in [5.74, 6) is 0. The Hall–Kier alpha value is -13.2. The number of pyridine rings is 2.